The first-order valence-corrected chi connectivity index (χ1v) is 9.35. The second kappa shape index (κ2) is 6.82. The van der Waals surface area contributed by atoms with E-state index in [1.54, 1.807) is 7.11 Å². The van der Waals surface area contributed by atoms with Crippen molar-refractivity contribution >= 4 is 44.2 Å². The molecule has 0 fully saturated rings. The van der Waals surface area contributed by atoms with Crippen LogP contribution in [0, 0.1) is 0 Å². The van der Waals surface area contributed by atoms with E-state index in [0.29, 0.717) is 0 Å². The van der Waals surface area contributed by atoms with Crippen LogP contribution >= 0.6 is 0 Å². The van der Waals surface area contributed by atoms with E-state index in [2.05, 4.69) is 66.7 Å². The van der Waals surface area contributed by atoms with Crippen LogP contribution in [0.4, 0.5) is 5.69 Å². The molecule has 0 aliphatic carbocycles. The zero-order valence-electron chi connectivity index (χ0n) is 15.6. The number of benzene rings is 5. The average Bonchev–Trinajstić information content (AvgIpc) is 2.77. The van der Waals surface area contributed by atoms with Crippen LogP contribution in [0.2, 0.25) is 0 Å². The fraction of sp³-hybridized carbons (Fsp3) is 0.0385. The van der Waals surface area contributed by atoms with Crippen molar-refractivity contribution in [3.05, 3.63) is 96.6 Å². The van der Waals surface area contributed by atoms with Gasteiger partial charge >= 0.3 is 0 Å². The second-order valence-corrected chi connectivity index (χ2v) is 6.85. The molecule has 5 rings (SSSR count). The highest BCUT2D eigenvalue weighted by atomic mass is 16.5. The van der Waals surface area contributed by atoms with Gasteiger partial charge in [-0.25, -0.2) is 0 Å². The van der Waals surface area contributed by atoms with E-state index in [0.717, 1.165) is 22.4 Å². The van der Waals surface area contributed by atoms with Crippen LogP contribution in [0.1, 0.15) is 5.56 Å². The third-order valence-corrected chi connectivity index (χ3v) is 5.21. The van der Waals surface area contributed by atoms with Gasteiger partial charge < -0.3 is 4.74 Å². The quantitative estimate of drug-likeness (QED) is 0.253. The molecule has 0 aromatic heterocycles. The zero-order chi connectivity index (χ0) is 18.9. The fourth-order valence-corrected chi connectivity index (χ4v) is 3.78. The largest absolute Gasteiger partial charge is 0.497 e. The first kappa shape index (κ1) is 16.5. The summed E-state index contributed by atoms with van der Waals surface area (Å²) in [7, 11) is 1.68. The number of hydrogen-bond donors (Lipinski definition) is 0. The van der Waals surface area contributed by atoms with Gasteiger partial charge in [0.25, 0.3) is 0 Å². The summed E-state index contributed by atoms with van der Waals surface area (Å²) in [6, 6.07) is 31.6. The Hall–Kier alpha value is -3.65. The van der Waals surface area contributed by atoms with Gasteiger partial charge in [0.1, 0.15) is 5.75 Å². The van der Waals surface area contributed by atoms with E-state index in [1.807, 2.05) is 30.5 Å². The molecule has 5 aromatic rings. The molecule has 0 heterocycles. The van der Waals surface area contributed by atoms with E-state index in [1.165, 1.54) is 26.9 Å². The van der Waals surface area contributed by atoms with Gasteiger partial charge in [-0.05, 0) is 62.8 Å². The number of aliphatic imine (C=N–C) groups is 1. The van der Waals surface area contributed by atoms with Crippen molar-refractivity contribution in [2.24, 2.45) is 4.99 Å². The molecule has 5 aromatic carbocycles. The minimum absolute atomic E-state index is 0.847. The maximum atomic E-state index is 5.23. The number of ether oxygens (including phenoxy) is 1. The molecule has 0 N–H and O–H groups in total. The summed E-state index contributed by atoms with van der Waals surface area (Å²) in [5.41, 5.74) is 2.03. The Balaban J connectivity index is 1.74. The minimum Gasteiger partial charge on any atom is -0.497 e. The van der Waals surface area contributed by atoms with Crippen molar-refractivity contribution in [1.29, 1.82) is 0 Å². The summed E-state index contributed by atoms with van der Waals surface area (Å²) in [5, 5.41) is 7.39. The number of nitrogens with zero attached hydrogens (tertiary/aromatic N) is 1. The van der Waals surface area contributed by atoms with Crippen LogP contribution in [0.25, 0.3) is 32.3 Å². The van der Waals surface area contributed by atoms with E-state index < -0.39 is 0 Å². The number of hydrogen-bond acceptors (Lipinski definition) is 2. The van der Waals surface area contributed by atoms with Crippen LogP contribution in [0.3, 0.4) is 0 Å². The van der Waals surface area contributed by atoms with Crippen molar-refractivity contribution in [2.75, 3.05) is 7.11 Å². The second-order valence-electron chi connectivity index (χ2n) is 6.85. The Morgan fingerprint density at radius 1 is 0.643 bits per heavy atom. The number of methoxy groups -OCH3 is 1. The first-order chi connectivity index (χ1) is 13.8. The highest BCUT2D eigenvalue weighted by molar-refractivity contribution is 6.20. The van der Waals surface area contributed by atoms with E-state index >= 15 is 0 Å². The predicted octanol–water partition coefficient (Wildman–Crippen LogP) is 6.91. The monoisotopic (exact) mass is 361 g/mol. The van der Waals surface area contributed by atoms with Crippen LogP contribution in [0.15, 0.2) is 96.0 Å². The standard InChI is InChI=1S/C26H19NO/c1-28-20-13-10-18(11-14-20)17-27-26-16-25-21-7-3-2-6-19(21)12-15-23(25)22-8-4-5-9-24(22)26/h2-17H,1H3. The highest BCUT2D eigenvalue weighted by Crippen LogP contribution is 2.37. The van der Waals surface area contributed by atoms with Crippen LogP contribution in [0.5, 0.6) is 5.75 Å². The Morgan fingerprint density at radius 2 is 1.32 bits per heavy atom. The topological polar surface area (TPSA) is 21.6 Å². The molecule has 134 valence electrons. The SMILES string of the molecule is COc1ccc(C=Nc2cc3c4ccccc4ccc3c3ccccc23)cc1. The molecule has 0 saturated carbocycles. The van der Waals surface area contributed by atoms with Crippen LogP contribution in [-0.4, -0.2) is 13.3 Å². The number of rotatable bonds is 3. The normalized spacial score (nSPS) is 11.6. The lowest BCUT2D eigenvalue weighted by molar-refractivity contribution is 0.415. The Kier molecular flexibility index (Phi) is 4.02. The third-order valence-electron chi connectivity index (χ3n) is 5.21. The van der Waals surface area contributed by atoms with Crippen LogP contribution < -0.4 is 4.74 Å². The zero-order valence-corrected chi connectivity index (χ0v) is 15.6. The van der Waals surface area contributed by atoms with Gasteiger partial charge in [0, 0.05) is 11.6 Å². The lowest BCUT2D eigenvalue weighted by Gasteiger charge is -2.10. The summed E-state index contributed by atoms with van der Waals surface area (Å²) >= 11 is 0. The molecule has 0 bridgehead atoms. The van der Waals surface area contributed by atoms with E-state index in [9.17, 15) is 0 Å². The lowest BCUT2D eigenvalue weighted by Crippen LogP contribution is -1.85. The molecule has 0 radical (unpaired) electrons. The van der Waals surface area contributed by atoms with Gasteiger partial charge in [-0.2, -0.15) is 0 Å². The van der Waals surface area contributed by atoms with Crippen LogP contribution in [-0.2, 0) is 0 Å². The lowest BCUT2D eigenvalue weighted by atomic mass is 9.96. The average molecular weight is 361 g/mol. The van der Waals surface area contributed by atoms with Gasteiger partial charge in [0.05, 0.1) is 12.8 Å². The van der Waals surface area contributed by atoms with Crippen molar-refractivity contribution in [1.82, 2.24) is 0 Å². The van der Waals surface area contributed by atoms with Crippen molar-refractivity contribution in [3.63, 3.8) is 0 Å². The van der Waals surface area contributed by atoms with Crippen molar-refractivity contribution in [3.8, 4) is 5.75 Å². The summed E-state index contributed by atoms with van der Waals surface area (Å²) in [5.74, 6) is 0.847. The Labute approximate surface area is 163 Å². The van der Waals surface area contributed by atoms with E-state index in [-0.39, 0.29) is 0 Å². The molecule has 0 aliphatic heterocycles. The first-order valence-electron chi connectivity index (χ1n) is 9.35. The molecular weight excluding hydrogens is 342 g/mol. The molecule has 28 heavy (non-hydrogen) atoms. The summed E-state index contributed by atoms with van der Waals surface area (Å²) < 4.78 is 5.23. The minimum atomic E-state index is 0.847. The Morgan fingerprint density at radius 3 is 2.11 bits per heavy atom. The van der Waals surface area contributed by atoms with Crippen molar-refractivity contribution < 1.29 is 4.74 Å². The van der Waals surface area contributed by atoms with Gasteiger partial charge in [-0.15, -0.1) is 0 Å². The molecule has 2 nitrogen and oxygen atoms in total. The third kappa shape index (κ3) is 2.80. The molecule has 0 amide bonds. The summed E-state index contributed by atoms with van der Waals surface area (Å²) in [4.78, 5) is 4.85. The molecule has 0 unspecified atom stereocenters. The Bertz CT molecular complexity index is 1330. The predicted molar refractivity (Wildman–Crippen MR) is 119 cm³/mol. The molecule has 0 aliphatic rings. The summed E-state index contributed by atoms with van der Waals surface area (Å²) in [6.07, 6.45) is 1.91. The molecule has 0 spiro atoms. The number of fused-ring (bicyclic) bond motifs is 5. The maximum Gasteiger partial charge on any atom is 0.118 e. The molecule has 0 saturated heterocycles. The van der Waals surface area contributed by atoms with E-state index in [4.69, 9.17) is 9.73 Å². The maximum absolute atomic E-state index is 5.23. The highest BCUT2D eigenvalue weighted by Gasteiger charge is 2.08. The molecule has 0 atom stereocenters. The van der Waals surface area contributed by atoms with Gasteiger partial charge in [0.15, 0.2) is 0 Å². The van der Waals surface area contributed by atoms with Gasteiger partial charge in [-0.3, -0.25) is 4.99 Å². The van der Waals surface area contributed by atoms with Crippen molar-refractivity contribution in [2.45, 2.75) is 0 Å². The summed E-state index contributed by atoms with van der Waals surface area (Å²) in [6.45, 7) is 0. The smallest absolute Gasteiger partial charge is 0.118 e. The van der Waals surface area contributed by atoms with Gasteiger partial charge in [-0.1, -0.05) is 60.7 Å². The fourth-order valence-electron chi connectivity index (χ4n) is 3.78. The molecule has 2 heteroatoms. The molecular formula is C26H19NO. The van der Waals surface area contributed by atoms with Gasteiger partial charge in [0.2, 0.25) is 0 Å².